The molecule has 4 heteroatoms. The van der Waals surface area contributed by atoms with Crippen LogP contribution in [0, 0.1) is 16.7 Å². The Morgan fingerprint density at radius 3 is 2.79 bits per heavy atom. The Hall–Kier alpha value is -1.08. The fourth-order valence-corrected chi connectivity index (χ4v) is 1.07. The lowest BCUT2D eigenvalue weighted by molar-refractivity contribution is 0.528. The lowest BCUT2D eigenvalue weighted by atomic mass is 9.96. The molecule has 0 bridgehead atoms. The number of pyridine rings is 1. The van der Waals surface area contributed by atoms with Crippen molar-refractivity contribution in [2.24, 2.45) is 5.41 Å². The molecule has 1 aromatic rings. The summed E-state index contributed by atoms with van der Waals surface area (Å²) in [6.07, 6.45) is 1.72. The highest BCUT2D eigenvalue weighted by Crippen LogP contribution is 2.15. The molecule has 0 saturated heterocycles. The molecule has 1 heterocycles. The first-order valence-electron chi connectivity index (χ1n) is 4.30. The van der Waals surface area contributed by atoms with Crippen molar-refractivity contribution < 1.29 is 0 Å². The SMILES string of the molecule is CC(C)(C#N)CNc1ccc(Br)cn1. The van der Waals surface area contributed by atoms with E-state index >= 15 is 0 Å². The van der Waals surface area contributed by atoms with Crippen LogP contribution in [0.15, 0.2) is 22.8 Å². The van der Waals surface area contributed by atoms with Crippen LogP contribution in [-0.2, 0) is 0 Å². The second-order valence-electron chi connectivity index (χ2n) is 3.71. The number of halogens is 1. The molecule has 0 radical (unpaired) electrons. The molecule has 0 fully saturated rings. The van der Waals surface area contributed by atoms with Crippen molar-refractivity contribution in [3.63, 3.8) is 0 Å². The van der Waals surface area contributed by atoms with Crippen molar-refractivity contribution in [3.05, 3.63) is 22.8 Å². The van der Waals surface area contributed by atoms with E-state index in [4.69, 9.17) is 5.26 Å². The minimum atomic E-state index is -0.366. The van der Waals surface area contributed by atoms with Crippen LogP contribution in [0.25, 0.3) is 0 Å². The lowest BCUT2D eigenvalue weighted by Crippen LogP contribution is -2.21. The van der Waals surface area contributed by atoms with Gasteiger partial charge in [-0.15, -0.1) is 0 Å². The molecule has 1 aromatic heterocycles. The van der Waals surface area contributed by atoms with Gasteiger partial charge in [-0.1, -0.05) is 0 Å². The Labute approximate surface area is 92.3 Å². The molecule has 14 heavy (non-hydrogen) atoms. The zero-order chi connectivity index (χ0) is 10.6. The molecule has 0 unspecified atom stereocenters. The van der Waals surface area contributed by atoms with Gasteiger partial charge in [0.1, 0.15) is 5.82 Å². The lowest BCUT2D eigenvalue weighted by Gasteiger charge is -2.15. The summed E-state index contributed by atoms with van der Waals surface area (Å²) in [5.74, 6) is 0.788. The molecule has 0 aliphatic carbocycles. The molecule has 0 amide bonds. The van der Waals surface area contributed by atoms with E-state index in [1.54, 1.807) is 6.20 Å². The summed E-state index contributed by atoms with van der Waals surface area (Å²) in [6, 6.07) is 6.01. The molecule has 1 N–H and O–H groups in total. The van der Waals surface area contributed by atoms with Gasteiger partial charge < -0.3 is 5.32 Å². The summed E-state index contributed by atoms with van der Waals surface area (Å²) in [7, 11) is 0. The number of nitriles is 1. The van der Waals surface area contributed by atoms with Crippen LogP contribution in [0.3, 0.4) is 0 Å². The normalized spacial score (nSPS) is 10.7. The average molecular weight is 254 g/mol. The van der Waals surface area contributed by atoms with Gasteiger partial charge in [0.2, 0.25) is 0 Å². The van der Waals surface area contributed by atoms with Crippen molar-refractivity contribution >= 4 is 21.7 Å². The summed E-state index contributed by atoms with van der Waals surface area (Å²) >= 11 is 3.31. The van der Waals surface area contributed by atoms with Gasteiger partial charge in [0.15, 0.2) is 0 Å². The Balaban J connectivity index is 2.55. The van der Waals surface area contributed by atoms with E-state index in [0.717, 1.165) is 10.3 Å². The van der Waals surface area contributed by atoms with Crippen molar-refractivity contribution in [1.82, 2.24) is 4.98 Å². The van der Waals surface area contributed by atoms with Gasteiger partial charge in [-0.2, -0.15) is 5.26 Å². The molecular formula is C10H12BrN3. The molecule has 0 aromatic carbocycles. The van der Waals surface area contributed by atoms with Crippen LogP contribution in [0.4, 0.5) is 5.82 Å². The average Bonchev–Trinajstić information content (AvgIpc) is 2.17. The van der Waals surface area contributed by atoms with E-state index in [2.05, 4.69) is 32.3 Å². The number of nitrogens with one attached hydrogen (secondary N) is 1. The van der Waals surface area contributed by atoms with E-state index < -0.39 is 0 Å². The Morgan fingerprint density at radius 1 is 1.57 bits per heavy atom. The molecular weight excluding hydrogens is 242 g/mol. The number of rotatable bonds is 3. The standard InChI is InChI=1S/C10H12BrN3/c1-10(2,6-12)7-14-9-4-3-8(11)5-13-9/h3-5H,7H2,1-2H3,(H,13,14). The minimum absolute atomic E-state index is 0.366. The largest absolute Gasteiger partial charge is 0.368 e. The monoisotopic (exact) mass is 253 g/mol. The first kappa shape index (κ1) is 11.0. The molecule has 0 atom stereocenters. The van der Waals surface area contributed by atoms with Gasteiger partial charge in [0, 0.05) is 17.2 Å². The number of hydrogen-bond donors (Lipinski definition) is 1. The predicted molar refractivity (Wildman–Crippen MR) is 59.8 cm³/mol. The van der Waals surface area contributed by atoms with Crippen LogP contribution in [0.1, 0.15) is 13.8 Å². The Bertz CT molecular complexity index is 337. The van der Waals surface area contributed by atoms with Crippen LogP contribution in [0.5, 0.6) is 0 Å². The van der Waals surface area contributed by atoms with E-state index in [1.165, 1.54) is 0 Å². The van der Waals surface area contributed by atoms with Crippen molar-refractivity contribution in [2.75, 3.05) is 11.9 Å². The van der Waals surface area contributed by atoms with E-state index in [0.29, 0.717) is 6.54 Å². The third kappa shape index (κ3) is 3.35. The number of hydrogen-bond acceptors (Lipinski definition) is 3. The van der Waals surface area contributed by atoms with Crippen LogP contribution < -0.4 is 5.32 Å². The quantitative estimate of drug-likeness (QED) is 0.902. The summed E-state index contributed by atoms with van der Waals surface area (Å²) in [4.78, 5) is 4.15. The highest BCUT2D eigenvalue weighted by atomic mass is 79.9. The summed E-state index contributed by atoms with van der Waals surface area (Å²) in [5.41, 5.74) is -0.366. The van der Waals surface area contributed by atoms with Crippen molar-refractivity contribution in [2.45, 2.75) is 13.8 Å². The van der Waals surface area contributed by atoms with Gasteiger partial charge in [0.25, 0.3) is 0 Å². The highest BCUT2D eigenvalue weighted by molar-refractivity contribution is 9.10. The smallest absolute Gasteiger partial charge is 0.126 e. The molecule has 0 aliphatic rings. The fourth-order valence-electron chi connectivity index (χ4n) is 0.831. The first-order valence-corrected chi connectivity index (χ1v) is 5.09. The summed E-state index contributed by atoms with van der Waals surface area (Å²) < 4.78 is 0.947. The number of anilines is 1. The number of nitrogens with zero attached hydrogens (tertiary/aromatic N) is 2. The first-order chi connectivity index (χ1) is 6.53. The highest BCUT2D eigenvalue weighted by Gasteiger charge is 2.15. The molecule has 0 aliphatic heterocycles. The summed E-state index contributed by atoms with van der Waals surface area (Å²) in [6.45, 7) is 4.37. The van der Waals surface area contributed by atoms with E-state index in [1.807, 2.05) is 26.0 Å². The maximum Gasteiger partial charge on any atom is 0.126 e. The predicted octanol–water partition coefficient (Wildman–Crippen LogP) is 2.81. The second-order valence-corrected chi connectivity index (χ2v) is 4.63. The topological polar surface area (TPSA) is 48.7 Å². The zero-order valence-corrected chi connectivity index (χ0v) is 9.80. The summed E-state index contributed by atoms with van der Waals surface area (Å²) in [5, 5.41) is 11.9. The number of aromatic nitrogens is 1. The maximum atomic E-state index is 8.80. The zero-order valence-electron chi connectivity index (χ0n) is 8.21. The van der Waals surface area contributed by atoms with Gasteiger partial charge in [-0.05, 0) is 41.9 Å². The molecule has 3 nitrogen and oxygen atoms in total. The Morgan fingerprint density at radius 2 is 2.29 bits per heavy atom. The third-order valence-electron chi connectivity index (χ3n) is 1.74. The Kier molecular flexibility index (Phi) is 3.48. The molecule has 1 rings (SSSR count). The van der Waals surface area contributed by atoms with Gasteiger partial charge in [-0.25, -0.2) is 4.98 Å². The van der Waals surface area contributed by atoms with E-state index in [9.17, 15) is 0 Å². The molecule has 0 saturated carbocycles. The van der Waals surface area contributed by atoms with Crippen molar-refractivity contribution in [3.8, 4) is 6.07 Å². The van der Waals surface area contributed by atoms with E-state index in [-0.39, 0.29) is 5.41 Å². The van der Waals surface area contributed by atoms with Crippen LogP contribution in [0.2, 0.25) is 0 Å². The van der Waals surface area contributed by atoms with Crippen molar-refractivity contribution in [1.29, 1.82) is 5.26 Å². The van der Waals surface area contributed by atoms with Gasteiger partial charge in [0.05, 0.1) is 11.5 Å². The van der Waals surface area contributed by atoms with Crippen LogP contribution >= 0.6 is 15.9 Å². The van der Waals surface area contributed by atoms with Crippen LogP contribution in [-0.4, -0.2) is 11.5 Å². The molecule has 74 valence electrons. The molecule has 0 spiro atoms. The fraction of sp³-hybridized carbons (Fsp3) is 0.400. The van der Waals surface area contributed by atoms with Gasteiger partial charge >= 0.3 is 0 Å². The minimum Gasteiger partial charge on any atom is -0.368 e. The third-order valence-corrected chi connectivity index (χ3v) is 2.21. The second kappa shape index (κ2) is 4.43. The maximum absolute atomic E-state index is 8.80. The van der Waals surface area contributed by atoms with Gasteiger partial charge in [-0.3, -0.25) is 0 Å².